The van der Waals surface area contributed by atoms with Crippen LogP contribution in [0.3, 0.4) is 0 Å². The first-order valence-electron chi connectivity index (χ1n) is 8.12. The highest BCUT2D eigenvalue weighted by atomic mass is 16.5. The first-order chi connectivity index (χ1) is 11.3. The van der Waals surface area contributed by atoms with Crippen LogP contribution in [0, 0.1) is 0 Å². The maximum Gasteiger partial charge on any atom is 0.246 e. The summed E-state index contributed by atoms with van der Waals surface area (Å²) in [5.41, 5.74) is 1.61. The van der Waals surface area contributed by atoms with Crippen molar-refractivity contribution >= 4 is 17.0 Å². The van der Waals surface area contributed by atoms with Crippen molar-refractivity contribution in [1.29, 1.82) is 0 Å². The van der Waals surface area contributed by atoms with Gasteiger partial charge in [0.25, 0.3) is 0 Å². The smallest absolute Gasteiger partial charge is 0.246 e. The number of fused-ring (bicyclic) bond motifs is 1. The summed E-state index contributed by atoms with van der Waals surface area (Å²) < 4.78 is 16.6. The number of hydrogen-bond acceptors (Lipinski definition) is 5. The van der Waals surface area contributed by atoms with Gasteiger partial charge in [-0.2, -0.15) is 0 Å². The molecule has 0 unspecified atom stereocenters. The number of amides is 1. The Balaban J connectivity index is 1.32. The number of nitrogens with zero attached hydrogens (tertiary/aromatic N) is 1. The molecule has 1 aromatic heterocycles. The van der Waals surface area contributed by atoms with Crippen LogP contribution in [0.1, 0.15) is 25.2 Å². The van der Waals surface area contributed by atoms with Gasteiger partial charge >= 0.3 is 0 Å². The van der Waals surface area contributed by atoms with E-state index in [0.717, 1.165) is 30.5 Å². The van der Waals surface area contributed by atoms with Gasteiger partial charge in [-0.3, -0.25) is 4.79 Å². The number of hydrogen-bond donors (Lipinski definition) is 1. The monoisotopic (exact) mass is 318 g/mol. The molecule has 0 spiro atoms. The Hall–Kier alpha value is -1.92. The highest BCUT2D eigenvalue weighted by Gasteiger charge is 2.14. The number of para-hydroxylation sites is 2. The quantitative estimate of drug-likeness (QED) is 0.846. The number of nitrogens with one attached hydrogen (secondary N) is 1. The molecular formula is C17H22N2O4. The van der Waals surface area contributed by atoms with E-state index in [0.29, 0.717) is 25.5 Å². The molecule has 0 radical (unpaired) electrons. The van der Waals surface area contributed by atoms with Crippen LogP contribution in [0.4, 0.5) is 0 Å². The third-order valence-electron chi connectivity index (χ3n) is 3.81. The molecule has 1 saturated heterocycles. The van der Waals surface area contributed by atoms with E-state index in [-0.39, 0.29) is 18.6 Å². The van der Waals surface area contributed by atoms with Gasteiger partial charge < -0.3 is 19.2 Å². The number of carbonyl (C=O) groups is 1. The molecular weight excluding hydrogens is 296 g/mol. The van der Waals surface area contributed by atoms with Crippen molar-refractivity contribution in [3.8, 4) is 0 Å². The molecule has 1 aliphatic heterocycles. The van der Waals surface area contributed by atoms with Crippen molar-refractivity contribution < 1.29 is 18.7 Å². The molecule has 1 atom stereocenters. The van der Waals surface area contributed by atoms with Gasteiger partial charge in [0, 0.05) is 19.6 Å². The first kappa shape index (κ1) is 16.0. The van der Waals surface area contributed by atoms with Crippen molar-refractivity contribution in [2.75, 3.05) is 26.4 Å². The summed E-state index contributed by atoms with van der Waals surface area (Å²) in [5.74, 6) is 0.500. The van der Waals surface area contributed by atoms with Crippen molar-refractivity contribution in [1.82, 2.24) is 10.3 Å². The zero-order chi connectivity index (χ0) is 15.9. The minimum atomic E-state index is -0.128. The van der Waals surface area contributed by atoms with Gasteiger partial charge in [-0.25, -0.2) is 4.98 Å². The van der Waals surface area contributed by atoms with Crippen LogP contribution in [0.25, 0.3) is 11.1 Å². The zero-order valence-corrected chi connectivity index (χ0v) is 13.1. The molecule has 0 aliphatic carbocycles. The van der Waals surface area contributed by atoms with Crippen LogP contribution in [-0.2, 0) is 20.7 Å². The summed E-state index contributed by atoms with van der Waals surface area (Å²) in [5, 5.41) is 2.81. The number of aromatic nitrogens is 1. The third-order valence-corrected chi connectivity index (χ3v) is 3.81. The Morgan fingerprint density at radius 2 is 2.26 bits per heavy atom. The summed E-state index contributed by atoms with van der Waals surface area (Å²) >= 11 is 0. The van der Waals surface area contributed by atoms with Crippen LogP contribution in [0.15, 0.2) is 28.7 Å². The third kappa shape index (κ3) is 4.77. The fraction of sp³-hybridized carbons (Fsp3) is 0.529. The molecule has 1 aliphatic rings. The lowest BCUT2D eigenvalue weighted by molar-refractivity contribution is -0.127. The number of ether oxygens (including phenoxy) is 2. The minimum Gasteiger partial charge on any atom is -0.441 e. The average Bonchev–Trinajstić information content (AvgIpc) is 2.98. The fourth-order valence-corrected chi connectivity index (χ4v) is 2.61. The van der Waals surface area contributed by atoms with Crippen LogP contribution in [-0.4, -0.2) is 43.4 Å². The predicted molar refractivity (Wildman–Crippen MR) is 85.1 cm³/mol. The van der Waals surface area contributed by atoms with Gasteiger partial charge in [0.05, 0.1) is 12.7 Å². The lowest BCUT2D eigenvalue weighted by Gasteiger charge is -2.22. The number of oxazole rings is 1. The van der Waals surface area contributed by atoms with E-state index in [4.69, 9.17) is 13.9 Å². The molecule has 6 nitrogen and oxygen atoms in total. The summed E-state index contributed by atoms with van der Waals surface area (Å²) in [7, 11) is 0. The van der Waals surface area contributed by atoms with E-state index in [9.17, 15) is 4.79 Å². The highest BCUT2D eigenvalue weighted by Crippen LogP contribution is 2.14. The van der Waals surface area contributed by atoms with Crippen molar-refractivity contribution in [2.45, 2.75) is 31.8 Å². The van der Waals surface area contributed by atoms with Crippen molar-refractivity contribution in [2.24, 2.45) is 0 Å². The van der Waals surface area contributed by atoms with E-state index in [1.165, 1.54) is 6.42 Å². The summed E-state index contributed by atoms with van der Waals surface area (Å²) in [6, 6.07) is 7.61. The van der Waals surface area contributed by atoms with Gasteiger partial charge in [0.15, 0.2) is 11.5 Å². The normalized spacial score (nSPS) is 18.2. The Bertz CT molecular complexity index is 601. The molecule has 0 saturated carbocycles. The van der Waals surface area contributed by atoms with Crippen LogP contribution in [0.5, 0.6) is 0 Å². The van der Waals surface area contributed by atoms with E-state index < -0.39 is 0 Å². The maximum absolute atomic E-state index is 11.7. The zero-order valence-electron chi connectivity index (χ0n) is 13.1. The molecule has 3 rings (SSSR count). The Morgan fingerprint density at radius 3 is 3.09 bits per heavy atom. The molecule has 124 valence electrons. The van der Waals surface area contributed by atoms with Crippen LogP contribution >= 0.6 is 0 Å². The Kier molecular flexibility index (Phi) is 5.60. The predicted octanol–water partition coefficient (Wildman–Crippen LogP) is 2.07. The summed E-state index contributed by atoms with van der Waals surface area (Å²) in [6.07, 6.45) is 4.00. The SMILES string of the molecule is O=C(COC[C@@H]1CCCCO1)NCCc1nc2ccccc2o1. The molecule has 0 bridgehead atoms. The number of carbonyl (C=O) groups excluding carboxylic acids is 1. The van der Waals surface area contributed by atoms with Crippen molar-refractivity contribution in [3.63, 3.8) is 0 Å². The Morgan fingerprint density at radius 1 is 1.35 bits per heavy atom. The number of benzene rings is 1. The summed E-state index contributed by atoms with van der Waals surface area (Å²) in [6.45, 7) is 1.83. The average molecular weight is 318 g/mol. The van der Waals surface area contributed by atoms with E-state index in [1.54, 1.807) is 0 Å². The largest absolute Gasteiger partial charge is 0.441 e. The van der Waals surface area contributed by atoms with Gasteiger partial charge in [0.2, 0.25) is 5.91 Å². The minimum absolute atomic E-state index is 0.0629. The Labute approximate surface area is 135 Å². The second kappa shape index (κ2) is 8.08. The van der Waals surface area contributed by atoms with Crippen molar-refractivity contribution in [3.05, 3.63) is 30.2 Å². The van der Waals surface area contributed by atoms with Crippen LogP contribution < -0.4 is 5.32 Å². The molecule has 1 aromatic carbocycles. The van der Waals surface area contributed by atoms with Gasteiger partial charge in [-0.05, 0) is 31.4 Å². The van der Waals surface area contributed by atoms with E-state index >= 15 is 0 Å². The summed E-state index contributed by atoms with van der Waals surface area (Å²) in [4.78, 5) is 16.1. The van der Waals surface area contributed by atoms with Crippen LogP contribution in [0.2, 0.25) is 0 Å². The topological polar surface area (TPSA) is 73.6 Å². The molecule has 2 heterocycles. The highest BCUT2D eigenvalue weighted by molar-refractivity contribution is 5.77. The standard InChI is InChI=1S/C17H22N2O4/c20-16(12-21-11-13-5-3-4-10-22-13)18-9-8-17-19-14-6-1-2-7-15(14)23-17/h1-2,6-7,13H,3-5,8-12H2,(H,18,20)/t13-/m0/s1. The van der Waals surface area contributed by atoms with Gasteiger partial charge in [-0.15, -0.1) is 0 Å². The molecule has 1 amide bonds. The van der Waals surface area contributed by atoms with E-state index in [2.05, 4.69) is 10.3 Å². The second-order valence-corrected chi connectivity index (χ2v) is 5.68. The molecule has 6 heteroatoms. The maximum atomic E-state index is 11.7. The first-order valence-corrected chi connectivity index (χ1v) is 8.12. The molecule has 23 heavy (non-hydrogen) atoms. The lowest BCUT2D eigenvalue weighted by Crippen LogP contribution is -2.32. The molecule has 2 aromatic rings. The van der Waals surface area contributed by atoms with E-state index in [1.807, 2.05) is 24.3 Å². The second-order valence-electron chi connectivity index (χ2n) is 5.68. The van der Waals surface area contributed by atoms with Gasteiger partial charge in [0.1, 0.15) is 12.1 Å². The lowest BCUT2D eigenvalue weighted by atomic mass is 10.1. The molecule has 1 fully saturated rings. The number of rotatable bonds is 7. The van der Waals surface area contributed by atoms with Gasteiger partial charge in [-0.1, -0.05) is 12.1 Å². The molecule has 1 N–H and O–H groups in total. The fourth-order valence-electron chi connectivity index (χ4n) is 2.61.